The number of aliphatic hydroxyl groups is 1. The Kier molecular flexibility index (Phi) is 15.1. The van der Waals surface area contributed by atoms with Gasteiger partial charge in [-0.15, -0.1) is 0 Å². The molecular weight excluding hydrogens is 508 g/mol. The summed E-state index contributed by atoms with van der Waals surface area (Å²) >= 11 is 0. The van der Waals surface area contributed by atoms with Crippen molar-refractivity contribution in [1.82, 2.24) is 20.4 Å². The molecule has 4 amide bonds. The van der Waals surface area contributed by atoms with Gasteiger partial charge in [0.25, 0.3) is 0 Å². The number of hydrogen-bond acceptors (Lipinski definition) is 9. The largest absolute Gasteiger partial charge is 0.472 e. The smallest absolute Gasteiger partial charge is 0.390 e. The minimum Gasteiger partial charge on any atom is -0.390 e. The highest BCUT2D eigenvalue weighted by atomic mass is 31.2. The van der Waals surface area contributed by atoms with E-state index in [1.807, 2.05) is 0 Å². The van der Waals surface area contributed by atoms with Crippen LogP contribution in [0, 0.1) is 0 Å². The summed E-state index contributed by atoms with van der Waals surface area (Å²) in [6.45, 7) is 0.288. The van der Waals surface area contributed by atoms with Crippen molar-refractivity contribution in [3.63, 3.8) is 0 Å². The molecule has 1 aliphatic heterocycles. The molecule has 0 aromatic rings. The molecule has 14 nitrogen and oxygen atoms in total. The maximum Gasteiger partial charge on any atom is 0.472 e. The van der Waals surface area contributed by atoms with Crippen LogP contribution in [-0.4, -0.2) is 138 Å². The quantitative estimate of drug-likeness (QED) is 0.109. The molecule has 4 N–H and O–H groups in total. The van der Waals surface area contributed by atoms with E-state index in [-0.39, 0.29) is 70.8 Å². The molecular formula is C19H32B3N4O10P. The summed E-state index contributed by atoms with van der Waals surface area (Å²) < 4.78 is 26.9. The second kappa shape index (κ2) is 16.8. The molecule has 0 aliphatic carbocycles. The van der Waals surface area contributed by atoms with Crippen LogP contribution in [0.3, 0.4) is 0 Å². The van der Waals surface area contributed by atoms with Crippen LogP contribution in [0.15, 0.2) is 0 Å². The van der Waals surface area contributed by atoms with Crippen LogP contribution in [0.25, 0.3) is 0 Å². The molecule has 4 unspecified atom stereocenters. The van der Waals surface area contributed by atoms with Gasteiger partial charge in [-0.1, -0.05) is 0 Å². The second-order valence-electron chi connectivity index (χ2n) is 8.05. The van der Waals surface area contributed by atoms with Gasteiger partial charge in [0.15, 0.2) is 0 Å². The van der Waals surface area contributed by atoms with Gasteiger partial charge >= 0.3 is 7.82 Å². The fraction of sp³-hybridized carbons (Fsp3) is 0.789. The molecule has 37 heavy (non-hydrogen) atoms. The molecule has 6 radical (unpaired) electrons. The Labute approximate surface area is 220 Å². The van der Waals surface area contributed by atoms with Crippen LogP contribution >= 0.6 is 7.82 Å². The zero-order valence-corrected chi connectivity index (χ0v) is 21.6. The molecule has 1 heterocycles. The van der Waals surface area contributed by atoms with Gasteiger partial charge in [0.1, 0.15) is 14.0 Å². The number of carbonyl (C=O) groups excluding carboxylic acids is 4. The summed E-state index contributed by atoms with van der Waals surface area (Å²) in [4.78, 5) is 59.5. The highest BCUT2D eigenvalue weighted by Crippen LogP contribution is 2.43. The van der Waals surface area contributed by atoms with Crippen LogP contribution < -0.4 is 10.6 Å². The van der Waals surface area contributed by atoms with E-state index in [4.69, 9.17) is 37.3 Å². The second-order valence-corrected chi connectivity index (χ2v) is 9.50. The van der Waals surface area contributed by atoms with Crippen LogP contribution in [0.5, 0.6) is 0 Å². The molecule has 0 aromatic carbocycles. The van der Waals surface area contributed by atoms with E-state index >= 15 is 0 Å². The predicted molar refractivity (Wildman–Crippen MR) is 133 cm³/mol. The third kappa shape index (κ3) is 13.5. The van der Waals surface area contributed by atoms with Gasteiger partial charge in [-0.25, -0.2) is 4.57 Å². The van der Waals surface area contributed by atoms with Gasteiger partial charge in [0.05, 0.1) is 41.6 Å². The van der Waals surface area contributed by atoms with E-state index in [2.05, 4.69) is 10.6 Å². The molecule has 1 rings (SSSR count). The minimum absolute atomic E-state index is 0.00154. The first-order chi connectivity index (χ1) is 17.4. The summed E-state index contributed by atoms with van der Waals surface area (Å²) in [7, 11) is 11.8. The number of hydrogen-bond donors (Lipinski definition) is 4. The number of carbonyl (C=O) groups is 4. The summed E-state index contributed by atoms with van der Waals surface area (Å²) in [6, 6.07) is -0.702. The molecule has 0 saturated carbocycles. The minimum atomic E-state index is -4.52. The number of phosphoric acid groups is 1. The maximum atomic E-state index is 12.3. The molecule has 1 fully saturated rings. The maximum absolute atomic E-state index is 12.3. The summed E-state index contributed by atoms with van der Waals surface area (Å²) in [5.41, 5.74) is 0. The normalized spacial score (nSPS) is 20.6. The molecule has 0 aromatic heterocycles. The van der Waals surface area contributed by atoms with E-state index in [0.29, 0.717) is 0 Å². The summed E-state index contributed by atoms with van der Waals surface area (Å²) in [6.07, 6.45) is -2.32. The zero-order chi connectivity index (χ0) is 28.0. The fourth-order valence-electron chi connectivity index (χ4n) is 3.22. The number of rotatable bonds is 17. The Balaban J connectivity index is 2.46. The molecule has 0 spiro atoms. The fourth-order valence-corrected chi connectivity index (χ4v) is 3.94. The third-order valence-electron chi connectivity index (χ3n) is 5.12. The highest BCUT2D eigenvalue weighted by molar-refractivity contribution is 7.47. The Hall–Kier alpha value is -1.90. The molecule has 18 heteroatoms. The lowest BCUT2D eigenvalue weighted by Gasteiger charge is -2.24. The van der Waals surface area contributed by atoms with Gasteiger partial charge in [-0.3, -0.25) is 28.2 Å². The van der Waals surface area contributed by atoms with E-state index in [0.717, 1.165) is 0 Å². The number of ether oxygens (including phenoxy) is 1. The predicted octanol–water partition coefficient (Wildman–Crippen LogP) is -3.15. The average Bonchev–Trinajstić information content (AvgIpc) is 3.16. The number of nitrogens with one attached hydrogen (secondary N) is 2. The lowest BCUT2D eigenvalue weighted by Crippen LogP contribution is -2.46. The van der Waals surface area contributed by atoms with Gasteiger partial charge in [-0.05, 0) is 19.1 Å². The Bertz CT molecular complexity index is 827. The first-order valence-electron chi connectivity index (χ1n) is 11.6. The first-order valence-corrected chi connectivity index (χ1v) is 13.1. The Morgan fingerprint density at radius 2 is 1.62 bits per heavy atom. The van der Waals surface area contributed by atoms with E-state index in [1.54, 1.807) is 0 Å². The number of amides is 4. The lowest BCUT2D eigenvalue weighted by atomic mass is 9.96. The Morgan fingerprint density at radius 3 is 2.19 bits per heavy atom. The van der Waals surface area contributed by atoms with Crippen molar-refractivity contribution in [1.29, 1.82) is 0 Å². The SMILES string of the molecule is [B]CC(=O)N(CCNC(=O)CN(CCNC(C)=O)C(=O)C[B])CCOP(=O)(O)OCC1OC([B])CC1O. The number of phosphoric ester groups is 1. The van der Waals surface area contributed by atoms with Crippen LogP contribution in [0.1, 0.15) is 13.3 Å². The lowest BCUT2D eigenvalue weighted by molar-refractivity contribution is -0.134. The van der Waals surface area contributed by atoms with Gasteiger partial charge < -0.3 is 35.2 Å². The summed E-state index contributed by atoms with van der Waals surface area (Å²) in [5.74, 6) is -1.79. The van der Waals surface area contributed by atoms with Crippen molar-refractivity contribution in [2.45, 2.75) is 44.2 Å². The van der Waals surface area contributed by atoms with Gasteiger partial charge in [0.2, 0.25) is 23.6 Å². The van der Waals surface area contributed by atoms with Gasteiger partial charge in [-0.2, -0.15) is 0 Å². The van der Waals surface area contributed by atoms with Crippen molar-refractivity contribution in [3.8, 4) is 0 Å². The number of aliphatic hydroxyl groups excluding tert-OH is 1. The van der Waals surface area contributed by atoms with Crippen LogP contribution in [0.2, 0.25) is 12.6 Å². The van der Waals surface area contributed by atoms with Crippen molar-refractivity contribution >= 4 is 55.0 Å². The standard InChI is InChI=1S/C19H32B3N4O10P/c1-13(27)23-2-5-26(19(31)10-21)11-17(29)24-3-4-25(18(30)9-20)6-7-34-37(32,33)35-12-15-14(28)8-16(22)36-15/h14-16,28H,2-12H2,1H3,(H,23,27)(H,24,29)(H,32,33). The van der Waals surface area contributed by atoms with Crippen molar-refractivity contribution in [2.75, 3.05) is 52.5 Å². The van der Waals surface area contributed by atoms with Crippen molar-refractivity contribution in [3.05, 3.63) is 0 Å². The van der Waals surface area contributed by atoms with E-state index in [9.17, 15) is 33.7 Å². The first kappa shape index (κ1) is 33.1. The zero-order valence-electron chi connectivity index (χ0n) is 20.7. The molecule has 202 valence electrons. The monoisotopic (exact) mass is 540 g/mol. The van der Waals surface area contributed by atoms with Crippen molar-refractivity contribution in [2.24, 2.45) is 0 Å². The van der Waals surface area contributed by atoms with Crippen LogP contribution in [-0.2, 0) is 37.5 Å². The molecule has 1 saturated heterocycles. The highest BCUT2D eigenvalue weighted by Gasteiger charge is 2.34. The third-order valence-corrected chi connectivity index (χ3v) is 6.10. The van der Waals surface area contributed by atoms with E-state index in [1.165, 1.54) is 16.7 Å². The molecule has 4 atom stereocenters. The molecule has 1 aliphatic rings. The van der Waals surface area contributed by atoms with Gasteiger partial charge in [0, 0.05) is 45.7 Å². The Morgan fingerprint density at radius 1 is 1.03 bits per heavy atom. The topological polar surface area (TPSA) is 184 Å². The summed E-state index contributed by atoms with van der Waals surface area (Å²) in [5, 5.41) is 14.8. The van der Waals surface area contributed by atoms with Crippen molar-refractivity contribution < 1.29 is 47.5 Å². The molecule has 0 bridgehead atoms. The average molecular weight is 540 g/mol. The number of nitrogens with zero attached hydrogens (tertiary/aromatic N) is 2. The van der Waals surface area contributed by atoms with Crippen LogP contribution in [0.4, 0.5) is 0 Å². The van der Waals surface area contributed by atoms with E-state index < -0.39 is 50.4 Å².